The minimum Gasteiger partial charge on any atom is -0.324 e. The summed E-state index contributed by atoms with van der Waals surface area (Å²) in [6.45, 7) is 6.14. The number of nitrogens with zero attached hydrogens (tertiary/aromatic N) is 1. The molecular weight excluding hydrogens is 252 g/mol. The van der Waals surface area contributed by atoms with E-state index in [2.05, 4.69) is 24.1 Å². The second-order valence-electron chi connectivity index (χ2n) is 6.83. The molecule has 1 heterocycles. The van der Waals surface area contributed by atoms with E-state index in [4.69, 9.17) is 0 Å². The summed E-state index contributed by atoms with van der Waals surface area (Å²) in [7, 11) is 0. The summed E-state index contributed by atoms with van der Waals surface area (Å²) in [4.78, 5) is 29.2. The van der Waals surface area contributed by atoms with Crippen molar-refractivity contribution in [1.29, 1.82) is 0 Å². The number of rotatable bonds is 2. The van der Waals surface area contributed by atoms with Gasteiger partial charge in [0.25, 0.3) is 0 Å². The summed E-state index contributed by atoms with van der Waals surface area (Å²) in [6.07, 6.45) is 5.26. The molecule has 0 unspecified atom stereocenters. The van der Waals surface area contributed by atoms with Crippen LogP contribution in [0.5, 0.6) is 0 Å². The monoisotopic (exact) mass is 272 g/mol. The second kappa shape index (κ2) is 3.90. The Hall–Kier alpha value is -1.71. The van der Waals surface area contributed by atoms with Gasteiger partial charge in [0.2, 0.25) is 5.91 Å². The van der Waals surface area contributed by atoms with Crippen LogP contribution in [0, 0.1) is 16.2 Å². The van der Waals surface area contributed by atoms with Crippen molar-refractivity contribution >= 4 is 17.4 Å². The minimum atomic E-state index is -0.575. The summed E-state index contributed by atoms with van der Waals surface area (Å²) in [5.41, 5.74) is -0.548. The number of amides is 1. The van der Waals surface area contributed by atoms with Gasteiger partial charge in [0.15, 0.2) is 0 Å². The van der Waals surface area contributed by atoms with E-state index in [1.54, 1.807) is 18.5 Å². The first-order valence-electron chi connectivity index (χ1n) is 7.08. The van der Waals surface area contributed by atoms with Gasteiger partial charge in [-0.2, -0.15) is 0 Å². The Labute approximate surface area is 119 Å². The van der Waals surface area contributed by atoms with E-state index < -0.39 is 5.41 Å². The van der Waals surface area contributed by atoms with Crippen molar-refractivity contribution in [2.75, 3.05) is 5.32 Å². The lowest BCUT2D eigenvalue weighted by atomic mass is 9.64. The Bertz CT molecular complexity index is 581. The molecule has 0 radical (unpaired) electrons. The number of aromatic nitrogens is 1. The lowest BCUT2D eigenvalue weighted by molar-refractivity contribution is -0.131. The van der Waals surface area contributed by atoms with Crippen LogP contribution in [-0.2, 0) is 9.59 Å². The lowest BCUT2D eigenvalue weighted by Gasteiger charge is -2.38. The number of carbonyl (C=O) groups excluding carboxylic acids is 2. The molecule has 1 amide bonds. The molecule has 0 spiro atoms. The molecule has 0 aliphatic heterocycles. The molecule has 1 aromatic heterocycles. The summed E-state index contributed by atoms with van der Waals surface area (Å²) >= 11 is 0. The van der Waals surface area contributed by atoms with Crippen molar-refractivity contribution in [3.05, 3.63) is 24.5 Å². The summed E-state index contributed by atoms with van der Waals surface area (Å²) < 4.78 is 0. The van der Waals surface area contributed by atoms with Gasteiger partial charge in [-0.1, -0.05) is 20.8 Å². The van der Waals surface area contributed by atoms with Crippen LogP contribution in [0.3, 0.4) is 0 Å². The van der Waals surface area contributed by atoms with E-state index in [1.807, 2.05) is 13.0 Å². The molecule has 0 saturated heterocycles. The summed E-state index contributed by atoms with van der Waals surface area (Å²) in [5, 5.41) is 2.94. The molecule has 106 valence electrons. The molecule has 1 aromatic rings. The number of fused-ring (bicyclic) bond motifs is 2. The smallest absolute Gasteiger partial charge is 0.231 e. The van der Waals surface area contributed by atoms with Gasteiger partial charge in [-0.05, 0) is 30.4 Å². The van der Waals surface area contributed by atoms with Crippen LogP contribution >= 0.6 is 0 Å². The average Bonchev–Trinajstić information content (AvgIpc) is 2.70. The first kappa shape index (κ1) is 13.3. The van der Waals surface area contributed by atoms with Gasteiger partial charge in [-0.3, -0.25) is 14.6 Å². The van der Waals surface area contributed by atoms with E-state index in [1.165, 1.54) is 0 Å². The Morgan fingerprint density at radius 1 is 1.30 bits per heavy atom. The van der Waals surface area contributed by atoms with Crippen LogP contribution in [-0.4, -0.2) is 16.7 Å². The van der Waals surface area contributed by atoms with E-state index in [0.717, 1.165) is 12.8 Å². The zero-order valence-electron chi connectivity index (χ0n) is 12.2. The van der Waals surface area contributed by atoms with Crippen LogP contribution in [0.15, 0.2) is 24.5 Å². The van der Waals surface area contributed by atoms with Crippen molar-refractivity contribution < 1.29 is 9.59 Å². The van der Waals surface area contributed by atoms with Crippen molar-refractivity contribution in [2.24, 2.45) is 16.2 Å². The van der Waals surface area contributed by atoms with Crippen LogP contribution in [0.2, 0.25) is 0 Å². The van der Waals surface area contributed by atoms with Crippen LogP contribution in [0.4, 0.5) is 5.69 Å². The Kier molecular flexibility index (Phi) is 2.59. The van der Waals surface area contributed by atoms with Crippen molar-refractivity contribution in [1.82, 2.24) is 4.98 Å². The summed E-state index contributed by atoms with van der Waals surface area (Å²) in [6, 6.07) is 3.61. The van der Waals surface area contributed by atoms with Gasteiger partial charge in [-0.25, -0.2) is 0 Å². The fraction of sp³-hybridized carbons (Fsp3) is 0.562. The Balaban J connectivity index is 1.94. The van der Waals surface area contributed by atoms with Crippen LogP contribution < -0.4 is 5.32 Å². The fourth-order valence-electron chi connectivity index (χ4n) is 4.05. The lowest BCUT2D eigenvalue weighted by Crippen LogP contribution is -2.43. The van der Waals surface area contributed by atoms with Gasteiger partial charge >= 0.3 is 0 Å². The SMILES string of the molecule is CC1(C)[C@@]2(C(=O)Nc3cccnc3)CC[C@@]1(C)C(=O)C2. The first-order valence-corrected chi connectivity index (χ1v) is 7.08. The zero-order chi connectivity index (χ0) is 14.6. The zero-order valence-corrected chi connectivity index (χ0v) is 12.2. The highest BCUT2D eigenvalue weighted by molar-refractivity contribution is 6.04. The molecule has 2 atom stereocenters. The van der Waals surface area contributed by atoms with Gasteiger partial charge < -0.3 is 5.32 Å². The predicted molar refractivity (Wildman–Crippen MR) is 76.0 cm³/mol. The molecule has 4 heteroatoms. The van der Waals surface area contributed by atoms with Gasteiger partial charge in [0.1, 0.15) is 5.78 Å². The number of Topliss-reactive ketones (excluding diaryl/α,β-unsaturated/α-hetero) is 1. The number of carbonyl (C=O) groups is 2. The van der Waals surface area contributed by atoms with E-state index in [0.29, 0.717) is 12.1 Å². The van der Waals surface area contributed by atoms with Crippen LogP contribution in [0.25, 0.3) is 0 Å². The third-order valence-corrected chi connectivity index (χ3v) is 6.06. The standard InChI is InChI=1S/C16H20N2O2/c1-14(2)15(3)6-7-16(14,9-12(15)19)13(20)18-11-5-4-8-17-10-11/h4-5,8,10H,6-7,9H2,1-3H3,(H,18,20)/t15-,16-/m0/s1. The molecular formula is C16H20N2O2. The predicted octanol–water partition coefficient (Wildman–Crippen LogP) is 2.81. The maximum Gasteiger partial charge on any atom is 0.231 e. The van der Waals surface area contributed by atoms with Gasteiger partial charge in [0, 0.05) is 18.0 Å². The maximum atomic E-state index is 12.8. The molecule has 4 nitrogen and oxygen atoms in total. The Morgan fingerprint density at radius 2 is 2.05 bits per heavy atom. The molecule has 1 N–H and O–H groups in total. The van der Waals surface area contributed by atoms with Gasteiger partial charge in [0.05, 0.1) is 17.3 Å². The average molecular weight is 272 g/mol. The number of anilines is 1. The molecule has 2 aliphatic carbocycles. The largest absolute Gasteiger partial charge is 0.324 e. The molecule has 3 rings (SSSR count). The number of hydrogen-bond acceptors (Lipinski definition) is 3. The molecule has 2 saturated carbocycles. The topological polar surface area (TPSA) is 59.1 Å². The van der Waals surface area contributed by atoms with Crippen LogP contribution in [0.1, 0.15) is 40.0 Å². The molecule has 20 heavy (non-hydrogen) atoms. The van der Waals surface area contributed by atoms with E-state index >= 15 is 0 Å². The van der Waals surface area contributed by atoms with Gasteiger partial charge in [-0.15, -0.1) is 0 Å². The minimum absolute atomic E-state index is 0.0370. The quantitative estimate of drug-likeness (QED) is 0.900. The molecule has 2 fully saturated rings. The van der Waals surface area contributed by atoms with Crippen molar-refractivity contribution in [2.45, 2.75) is 40.0 Å². The second-order valence-corrected chi connectivity index (χ2v) is 6.83. The van der Waals surface area contributed by atoms with E-state index in [9.17, 15) is 9.59 Å². The maximum absolute atomic E-state index is 12.8. The number of pyridine rings is 1. The Morgan fingerprint density at radius 3 is 2.55 bits per heavy atom. The highest BCUT2D eigenvalue weighted by Gasteiger charge is 2.72. The highest BCUT2D eigenvalue weighted by Crippen LogP contribution is 2.70. The third kappa shape index (κ3) is 1.39. The molecule has 0 aromatic carbocycles. The number of nitrogens with one attached hydrogen (secondary N) is 1. The highest BCUT2D eigenvalue weighted by atomic mass is 16.2. The van der Waals surface area contributed by atoms with E-state index in [-0.39, 0.29) is 22.5 Å². The summed E-state index contributed by atoms with van der Waals surface area (Å²) in [5.74, 6) is 0.195. The van der Waals surface area contributed by atoms with Crippen molar-refractivity contribution in [3.63, 3.8) is 0 Å². The molecule has 2 aliphatic rings. The number of ketones is 1. The fourth-order valence-corrected chi connectivity index (χ4v) is 4.05. The first-order chi connectivity index (χ1) is 9.33. The normalized spacial score (nSPS) is 34.2. The van der Waals surface area contributed by atoms with Crippen molar-refractivity contribution in [3.8, 4) is 0 Å². The third-order valence-electron chi connectivity index (χ3n) is 6.06. The molecule has 2 bridgehead atoms. The number of hydrogen-bond donors (Lipinski definition) is 1.